The van der Waals surface area contributed by atoms with E-state index in [0.29, 0.717) is 11.4 Å². The van der Waals surface area contributed by atoms with Crippen molar-refractivity contribution < 1.29 is 9.90 Å². The largest absolute Gasteiger partial charge is 0.478 e. The summed E-state index contributed by atoms with van der Waals surface area (Å²) in [5.41, 5.74) is 8.53. The molecule has 0 spiro atoms. The van der Waals surface area contributed by atoms with Crippen molar-refractivity contribution in [1.29, 1.82) is 0 Å². The van der Waals surface area contributed by atoms with Gasteiger partial charge in [0.25, 0.3) is 0 Å². The summed E-state index contributed by atoms with van der Waals surface area (Å²) >= 11 is 0. The summed E-state index contributed by atoms with van der Waals surface area (Å²) in [7, 11) is 1.82. The standard InChI is InChI=1S/C13H16N4O2/c1-3-10-12(7-17(2)16-10)15-11-6-8(14)4-5-9(11)13(18)19/h4-7,15H,3,14H2,1-2H3,(H,18,19). The van der Waals surface area contributed by atoms with Crippen LogP contribution in [0.2, 0.25) is 0 Å². The lowest BCUT2D eigenvalue weighted by atomic mass is 10.1. The van der Waals surface area contributed by atoms with Crippen LogP contribution in [-0.2, 0) is 13.5 Å². The van der Waals surface area contributed by atoms with E-state index >= 15 is 0 Å². The van der Waals surface area contributed by atoms with Gasteiger partial charge in [-0.1, -0.05) is 6.92 Å². The Balaban J connectivity index is 2.42. The Morgan fingerprint density at radius 1 is 1.47 bits per heavy atom. The Morgan fingerprint density at radius 3 is 2.84 bits per heavy atom. The lowest BCUT2D eigenvalue weighted by molar-refractivity contribution is 0.0698. The van der Waals surface area contributed by atoms with Crippen LogP contribution in [0.25, 0.3) is 0 Å². The zero-order chi connectivity index (χ0) is 14.0. The first-order chi connectivity index (χ1) is 9.01. The summed E-state index contributed by atoms with van der Waals surface area (Å²) in [6.07, 6.45) is 2.57. The minimum atomic E-state index is -0.996. The molecule has 0 radical (unpaired) electrons. The highest BCUT2D eigenvalue weighted by Gasteiger charge is 2.13. The van der Waals surface area contributed by atoms with Crippen LogP contribution in [-0.4, -0.2) is 20.9 Å². The second-order valence-corrected chi connectivity index (χ2v) is 4.25. The zero-order valence-electron chi connectivity index (χ0n) is 10.8. The van der Waals surface area contributed by atoms with Crippen molar-refractivity contribution in [3.8, 4) is 0 Å². The number of aromatic carboxylic acids is 1. The highest BCUT2D eigenvalue weighted by atomic mass is 16.4. The molecule has 0 fully saturated rings. The van der Waals surface area contributed by atoms with Crippen molar-refractivity contribution in [3.63, 3.8) is 0 Å². The lowest BCUT2D eigenvalue weighted by Gasteiger charge is -2.09. The fourth-order valence-electron chi connectivity index (χ4n) is 1.90. The Bertz CT molecular complexity index is 619. The molecule has 1 aromatic heterocycles. The molecule has 0 bridgehead atoms. The number of nitrogen functional groups attached to an aromatic ring is 1. The molecule has 0 amide bonds. The van der Waals surface area contributed by atoms with E-state index in [1.165, 1.54) is 6.07 Å². The maximum Gasteiger partial charge on any atom is 0.337 e. The van der Waals surface area contributed by atoms with Crippen molar-refractivity contribution in [1.82, 2.24) is 9.78 Å². The van der Waals surface area contributed by atoms with Gasteiger partial charge < -0.3 is 16.2 Å². The van der Waals surface area contributed by atoms with Crippen LogP contribution in [0.3, 0.4) is 0 Å². The predicted octanol–water partition coefficient (Wildman–Crippen LogP) is 2.01. The second-order valence-electron chi connectivity index (χ2n) is 4.25. The number of nitrogens with one attached hydrogen (secondary N) is 1. The summed E-state index contributed by atoms with van der Waals surface area (Å²) in [4.78, 5) is 11.2. The third-order valence-corrected chi connectivity index (χ3v) is 2.78. The van der Waals surface area contributed by atoms with Crippen molar-refractivity contribution in [2.45, 2.75) is 13.3 Å². The number of benzene rings is 1. The molecule has 0 aliphatic heterocycles. The summed E-state index contributed by atoms with van der Waals surface area (Å²) in [6, 6.07) is 4.66. The lowest BCUT2D eigenvalue weighted by Crippen LogP contribution is -2.04. The molecule has 100 valence electrons. The Labute approximate surface area is 110 Å². The molecule has 0 saturated carbocycles. The zero-order valence-corrected chi connectivity index (χ0v) is 10.8. The molecule has 6 nitrogen and oxygen atoms in total. The van der Waals surface area contributed by atoms with Gasteiger partial charge in [-0.3, -0.25) is 4.68 Å². The predicted molar refractivity (Wildman–Crippen MR) is 73.7 cm³/mol. The van der Waals surface area contributed by atoms with Gasteiger partial charge >= 0.3 is 5.97 Å². The number of aromatic nitrogens is 2. The molecule has 1 heterocycles. The molecule has 0 aliphatic rings. The maximum absolute atomic E-state index is 11.2. The summed E-state index contributed by atoms with van der Waals surface area (Å²) in [5.74, 6) is -0.996. The minimum absolute atomic E-state index is 0.181. The highest BCUT2D eigenvalue weighted by Crippen LogP contribution is 2.25. The molecule has 4 N–H and O–H groups in total. The van der Waals surface area contributed by atoms with E-state index in [0.717, 1.165) is 17.8 Å². The number of carboxylic acid groups (broad SMARTS) is 1. The van der Waals surface area contributed by atoms with E-state index in [2.05, 4.69) is 10.4 Å². The first kappa shape index (κ1) is 12.9. The Hall–Kier alpha value is -2.50. The molecule has 19 heavy (non-hydrogen) atoms. The van der Waals surface area contributed by atoms with Crippen LogP contribution in [0.15, 0.2) is 24.4 Å². The van der Waals surface area contributed by atoms with Gasteiger partial charge in [-0.25, -0.2) is 4.79 Å². The number of aryl methyl sites for hydroxylation is 2. The molecule has 6 heteroatoms. The molecule has 1 aromatic carbocycles. The smallest absolute Gasteiger partial charge is 0.337 e. The average molecular weight is 260 g/mol. The molecular weight excluding hydrogens is 244 g/mol. The molecule has 2 aromatic rings. The third-order valence-electron chi connectivity index (χ3n) is 2.78. The number of rotatable bonds is 4. The van der Waals surface area contributed by atoms with Gasteiger partial charge in [0.05, 0.1) is 22.6 Å². The summed E-state index contributed by atoms with van der Waals surface area (Å²) < 4.78 is 1.69. The van der Waals surface area contributed by atoms with Crippen molar-refractivity contribution in [3.05, 3.63) is 35.7 Å². The van der Waals surface area contributed by atoms with E-state index < -0.39 is 5.97 Å². The molecule has 2 rings (SSSR count). The normalized spacial score (nSPS) is 10.4. The molecule has 0 atom stereocenters. The number of carbonyl (C=O) groups is 1. The molecular formula is C13H16N4O2. The van der Waals surface area contributed by atoms with Crippen molar-refractivity contribution in [2.24, 2.45) is 7.05 Å². The van der Waals surface area contributed by atoms with Crippen LogP contribution in [0.4, 0.5) is 17.1 Å². The molecule has 0 unspecified atom stereocenters. The van der Waals surface area contributed by atoms with E-state index in [9.17, 15) is 4.79 Å². The summed E-state index contributed by atoms with van der Waals surface area (Å²) in [6.45, 7) is 1.99. The van der Waals surface area contributed by atoms with Crippen molar-refractivity contribution >= 4 is 23.0 Å². The number of anilines is 3. The maximum atomic E-state index is 11.2. The third kappa shape index (κ3) is 2.67. The summed E-state index contributed by atoms with van der Waals surface area (Å²) in [5, 5.41) is 16.6. The first-order valence-electron chi connectivity index (χ1n) is 5.93. The SMILES string of the molecule is CCc1nn(C)cc1Nc1cc(N)ccc1C(=O)O. The minimum Gasteiger partial charge on any atom is -0.478 e. The van der Waals surface area contributed by atoms with Crippen LogP contribution >= 0.6 is 0 Å². The van der Waals surface area contributed by atoms with Crippen LogP contribution in [0.5, 0.6) is 0 Å². The van der Waals surface area contributed by atoms with Gasteiger partial charge in [-0.15, -0.1) is 0 Å². The second kappa shape index (κ2) is 5.01. The fraction of sp³-hybridized carbons (Fsp3) is 0.231. The number of nitrogens with zero attached hydrogens (tertiary/aromatic N) is 2. The Kier molecular flexibility index (Phi) is 3.41. The number of hydrogen-bond acceptors (Lipinski definition) is 4. The first-order valence-corrected chi connectivity index (χ1v) is 5.93. The van der Waals surface area contributed by atoms with Crippen LogP contribution in [0.1, 0.15) is 23.0 Å². The van der Waals surface area contributed by atoms with E-state index in [-0.39, 0.29) is 5.56 Å². The molecule has 0 aliphatic carbocycles. The average Bonchev–Trinajstić information content (AvgIpc) is 2.69. The van der Waals surface area contributed by atoms with Crippen LogP contribution < -0.4 is 11.1 Å². The van der Waals surface area contributed by atoms with Gasteiger partial charge in [0.2, 0.25) is 0 Å². The van der Waals surface area contributed by atoms with Crippen molar-refractivity contribution in [2.75, 3.05) is 11.1 Å². The van der Waals surface area contributed by atoms with E-state index in [1.807, 2.05) is 20.2 Å². The highest BCUT2D eigenvalue weighted by molar-refractivity contribution is 5.96. The Morgan fingerprint density at radius 2 is 2.21 bits per heavy atom. The van der Waals surface area contributed by atoms with Crippen LogP contribution in [0, 0.1) is 0 Å². The van der Waals surface area contributed by atoms with E-state index in [1.54, 1.807) is 16.8 Å². The van der Waals surface area contributed by atoms with Gasteiger partial charge in [0.1, 0.15) is 0 Å². The fourth-order valence-corrected chi connectivity index (χ4v) is 1.90. The molecule has 0 saturated heterocycles. The topological polar surface area (TPSA) is 93.2 Å². The number of carboxylic acids is 1. The van der Waals surface area contributed by atoms with E-state index in [4.69, 9.17) is 10.8 Å². The van der Waals surface area contributed by atoms with Gasteiger partial charge in [0.15, 0.2) is 0 Å². The number of nitrogens with two attached hydrogens (primary N) is 1. The monoisotopic (exact) mass is 260 g/mol. The van der Waals surface area contributed by atoms with Gasteiger partial charge in [-0.05, 0) is 24.6 Å². The number of hydrogen-bond donors (Lipinski definition) is 3. The van der Waals surface area contributed by atoms with Gasteiger partial charge in [0, 0.05) is 18.9 Å². The van der Waals surface area contributed by atoms with Gasteiger partial charge in [-0.2, -0.15) is 5.10 Å². The quantitative estimate of drug-likeness (QED) is 0.731.